The highest BCUT2D eigenvalue weighted by Gasteiger charge is 2.39. The van der Waals surface area contributed by atoms with Crippen LogP contribution < -0.4 is 0 Å². The van der Waals surface area contributed by atoms with Crippen molar-refractivity contribution in [1.29, 1.82) is 0 Å². The zero-order valence-corrected chi connectivity index (χ0v) is 8.49. The van der Waals surface area contributed by atoms with E-state index in [0.717, 1.165) is 19.0 Å². The lowest BCUT2D eigenvalue weighted by atomic mass is 10.2. The molecule has 0 radical (unpaired) electrons. The van der Waals surface area contributed by atoms with Gasteiger partial charge >= 0.3 is 6.11 Å². The van der Waals surface area contributed by atoms with Crippen molar-refractivity contribution in [3.05, 3.63) is 30.1 Å². The molecule has 1 atom stereocenters. The van der Waals surface area contributed by atoms with Gasteiger partial charge in [-0.15, -0.1) is 0 Å². The molecule has 1 aliphatic rings. The quantitative estimate of drug-likeness (QED) is 0.767. The normalized spacial score (nSPS) is 18.9. The molecular formula is C11H13F2NO. The molecule has 2 rings (SSSR count). The SMILES string of the molecule is CC(OC(F)(F)c1cccnc1)C1CC1. The molecule has 1 heterocycles. The third kappa shape index (κ3) is 2.50. The third-order valence-corrected chi connectivity index (χ3v) is 2.62. The molecular weight excluding hydrogens is 200 g/mol. The van der Waals surface area contributed by atoms with E-state index in [2.05, 4.69) is 4.98 Å². The van der Waals surface area contributed by atoms with Crippen molar-refractivity contribution in [3.63, 3.8) is 0 Å². The maximum absolute atomic E-state index is 13.5. The summed E-state index contributed by atoms with van der Waals surface area (Å²) in [7, 11) is 0. The van der Waals surface area contributed by atoms with Gasteiger partial charge in [-0.2, -0.15) is 8.78 Å². The summed E-state index contributed by atoms with van der Waals surface area (Å²) in [5, 5.41) is 0. The van der Waals surface area contributed by atoms with Gasteiger partial charge in [-0.1, -0.05) is 0 Å². The zero-order chi connectivity index (χ0) is 10.9. The Hall–Kier alpha value is -1.03. The van der Waals surface area contributed by atoms with E-state index in [4.69, 9.17) is 4.74 Å². The van der Waals surface area contributed by atoms with Crippen LogP contribution in [0.5, 0.6) is 0 Å². The van der Waals surface area contributed by atoms with E-state index in [-0.39, 0.29) is 11.7 Å². The molecule has 82 valence electrons. The van der Waals surface area contributed by atoms with Crippen molar-refractivity contribution in [2.75, 3.05) is 0 Å². The van der Waals surface area contributed by atoms with Crippen LogP contribution in [0.4, 0.5) is 8.78 Å². The summed E-state index contributed by atoms with van der Waals surface area (Å²) in [5.74, 6) is 0.299. The van der Waals surface area contributed by atoms with Gasteiger partial charge in [0.25, 0.3) is 0 Å². The van der Waals surface area contributed by atoms with Crippen LogP contribution in [0.25, 0.3) is 0 Å². The Morgan fingerprint density at radius 3 is 2.80 bits per heavy atom. The van der Waals surface area contributed by atoms with Crippen LogP contribution in [0.3, 0.4) is 0 Å². The van der Waals surface area contributed by atoms with Gasteiger partial charge < -0.3 is 4.74 Å². The number of nitrogens with zero attached hydrogens (tertiary/aromatic N) is 1. The van der Waals surface area contributed by atoms with Crippen molar-refractivity contribution >= 4 is 0 Å². The molecule has 4 heteroatoms. The van der Waals surface area contributed by atoms with Crippen molar-refractivity contribution in [3.8, 4) is 0 Å². The second-order valence-corrected chi connectivity index (χ2v) is 3.92. The van der Waals surface area contributed by atoms with Gasteiger partial charge in [-0.05, 0) is 37.8 Å². The van der Waals surface area contributed by atoms with Gasteiger partial charge in [-0.25, -0.2) is 0 Å². The number of alkyl halides is 2. The minimum Gasteiger partial charge on any atom is -0.313 e. The number of hydrogen-bond donors (Lipinski definition) is 0. The zero-order valence-electron chi connectivity index (χ0n) is 8.49. The largest absolute Gasteiger partial charge is 0.385 e. The first-order valence-corrected chi connectivity index (χ1v) is 5.06. The molecule has 2 nitrogen and oxygen atoms in total. The molecule has 1 aromatic heterocycles. The number of aromatic nitrogens is 1. The number of rotatable bonds is 4. The van der Waals surface area contributed by atoms with E-state index in [1.165, 1.54) is 18.3 Å². The summed E-state index contributed by atoms with van der Waals surface area (Å²) in [6.07, 6.45) is 0.967. The molecule has 0 aromatic carbocycles. The van der Waals surface area contributed by atoms with Crippen LogP contribution in [0.15, 0.2) is 24.5 Å². The second-order valence-electron chi connectivity index (χ2n) is 3.92. The van der Waals surface area contributed by atoms with Crippen LogP contribution in [-0.4, -0.2) is 11.1 Å². The lowest BCUT2D eigenvalue weighted by molar-refractivity contribution is -0.273. The molecule has 0 spiro atoms. The van der Waals surface area contributed by atoms with E-state index < -0.39 is 6.11 Å². The van der Waals surface area contributed by atoms with Crippen LogP contribution in [-0.2, 0) is 10.8 Å². The highest BCUT2D eigenvalue weighted by atomic mass is 19.3. The van der Waals surface area contributed by atoms with Crippen LogP contribution >= 0.6 is 0 Å². The Labute approximate surface area is 87.3 Å². The van der Waals surface area contributed by atoms with Crippen molar-refractivity contribution in [1.82, 2.24) is 4.98 Å². The summed E-state index contributed by atoms with van der Waals surface area (Å²) in [6.45, 7) is 1.70. The highest BCUT2D eigenvalue weighted by molar-refractivity contribution is 5.12. The standard InChI is InChI=1S/C11H13F2NO/c1-8(9-4-5-9)15-11(12,13)10-3-2-6-14-7-10/h2-3,6-9H,4-5H2,1H3. The topological polar surface area (TPSA) is 22.1 Å². The molecule has 0 amide bonds. The average molecular weight is 213 g/mol. The van der Waals surface area contributed by atoms with E-state index in [1.54, 1.807) is 6.92 Å². The molecule has 0 saturated heterocycles. The predicted molar refractivity (Wildman–Crippen MR) is 51.4 cm³/mol. The van der Waals surface area contributed by atoms with Crippen LogP contribution in [0, 0.1) is 5.92 Å². The Morgan fingerprint density at radius 1 is 1.53 bits per heavy atom. The van der Waals surface area contributed by atoms with Crippen LogP contribution in [0.1, 0.15) is 25.3 Å². The molecule has 1 aliphatic carbocycles. The van der Waals surface area contributed by atoms with Gasteiger partial charge in [-0.3, -0.25) is 4.98 Å². The first-order valence-electron chi connectivity index (χ1n) is 5.06. The summed E-state index contributed by atoms with van der Waals surface area (Å²) in [4.78, 5) is 3.66. The monoisotopic (exact) mass is 213 g/mol. The molecule has 1 saturated carbocycles. The van der Waals surface area contributed by atoms with Crippen molar-refractivity contribution in [2.45, 2.75) is 32.0 Å². The fraction of sp³-hybridized carbons (Fsp3) is 0.545. The Kier molecular flexibility index (Phi) is 2.69. The first kappa shape index (κ1) is 10.5. The summed E-state index contributed by atoms with van der Waals surface area (Å²) in [5.41, 5.74) is -0.183. The molecule has 0 N–H and O–H groups in total. The summed E-state index contributed by atoms with van der Waals surface area (Å²) < 4.78 is 31.8. The predicted octanol–water partition coefficient (Wildman–Crippen LogP) is 2.95. The van der Waals surface area contributed by atoms with Gasteiger partial charge in [0.2, 0.25) is 0 Å². The Balaban J connectivity index is 2.05. The van der Waals surface area contributed by atoms with E-state index >= 15 is 0 Å². The van der Waals surface area contributed by atoms with E-state index in [1.807, 2.05) is 0 Å². The second kappa shape index (κ2) is 3.85. The van der Waals surface area contributed by atoms with Crippen molar-refractivity contribution in [2.24, 2.45) is 5.92 Å². The smallest absolute Gasteiger partial charge is 0.313 e. The first-order chi connectivity index (χ1) is 7.09. The Bertz CT molecular complexity index is 325. The molecule has 1 aromatic rings. The molecule has 0 bridgehead atoms. The van der Waals surface area contributed by atoms with Gasteiger partial charge in [0.1, 0.15) is 0 Å². The highest BCUT2D eigenvalue weighted by Crippen LogP contribution is 2.39. The summed E-state index contributed by atoms with van der Waals surface area (Å²) in [6, 6.07) is 2.81. The molecule has 15 heavy (non-hydrogen) atoms. The number of ether oxygens (including phenoxy) is 1. The van der Waals surface area contributed by atoms with Gasteiger partial charge in [0, 0.05) is 12.4 Å². The number of pyridine rings is 1. The molecule has 1 fully saturated rings. The van der Waals surface area contributed by atoms with Crippen LogP contribution in [0.2, 0.25) is 0 Å². The third-order valence-electron chi connectivity index (χ3n) is 2.62. The minimum atomic E-state index is -3.23. The average Bonchev–Trinajstić information content (AvgIpc) is 3.01. The summed E-state index contributed by atoms with van der Waals surface area (Å²) >= 11 is 0. The molecule has 1 unspecified atom stereocenters. The van der Waals surface area contributed by atoms with Crippen molar-refractivity contribution < 1.29 is 13.5 Å². The van der Waals surface area contributed by atoms with E-state index in [0.29, 0.717) is 5.92 Å². The van der Waals surface area contributed by atoms with Gasteiger partial charge in [0.15, 0.2) is 0 Å². The van der Waals surface area contributed by atoms with Gasteiger partial charge in [0.05, 0.1) is 11.7 Å². The number of halogens is 2. The molecule has 0 aliphatic heterocycles. The fourth-order valence-electron chi connectivity index (χ4n) is 1.50. The maximum atomic E-state index is 13.5. The number of hydrogen-bond acceptors (Lipinski definition) is 2. The Morgan fingerprint density at radius 2 is 2.27 bits per heavy atom. The lowest BCUT2D eigenvalue weighted by Crippen LogP contribution is -2.25. The minimum absolute atomic E-state index is 0.183. The lowest BCUT2D eigenvalue weighted by Gasteiger charge is -2.21. The maximum Gasteiger partial charge on any atom is 0.385 e. The fourth-order valence-corrected chi connectivity index (χ4v) is 1.50. The van der Waals surface area contributed by atoms with E-state index in [9.17, 15) is 8.78 Å².